The number of aromatic amines is 1. The number of pyridine rings is 1. The number of likely N-dealkylation sites (tertiary alicyclic amines) is 1. The second-order valence-electron chi connectivity index (χ2n) is 10.6. The molecule has 9 nitrogen and oxygen atoms in total. The van der Waals surface area contributed by atoms with Gasteiger partial charge in [-0.15, -0.1) is 0 Å². The number of carbonyl (C=O) groups excluding carboxylic acids is 1. The number of sulfonamides is 1. The van der Waals surface area contributed by atoms with Gasteiger partial charge in [-0.05, 0) is 69.5 Å². The maximum Gasteiger partial charge on any atom is 0.252 e. The average Bonchev–Trinajstić information content (AvgIpc) is 2.97. The van der Waals surface area contributed by atoms with Crippen LogP contribution in [0.4, 0.5) is 0 Å². The third-order valence-electron chi connectivity index (χ3n) is 7.74. The van der Waals surface area contributed by atoms with Crippen LogP contribution in [0.3, 0.4) is 0 Å². The first-order valence-corrected chi connectivity index (χ1v) is 16.1. The number of hydrogen-bond acceptors (Lipinski definition) is 6. The number of aromatic nitrogens is 1. The fourth-order valence-corrected chi connectivity index (χ4v) is 6.88. The van der Waals surface area contributed by atoms with Crippen LogP contribution in [0, 0.1) is 5.92 Å². The number of H-pyrrole nitrogens is 1. The van der Waals surface area contributed by atoms with Gasteiger partial charge in [0.05, 0.1) is 17.1 Å². The fourth-order valence-electron chi connectivity index (χ4n) is 5.37. The molecule has 222 valence electrons. The van der Waals surface area contributed by atoms with Crippen LogP contribution >= 0.6 is 0 Å². The van der Waals surface area contributed by atoms with E-state index in [0.717, 1.165) is 51.1 Å². The first-order chi connectivity index (χ1) is 19.8. The smallest absolute Gasteiger partial charge is 0.252 e. The van der Waals surface area contributed by atoms with E-state index in [4.69, 9.17) is 4.74 Å². The molecule has 0 radical (unpaired) electrons. The lowest BCUT2D eigenvalue weighted by Crippen LogP contribution is -2.38. The summed E-state index contributed by atoms with van der Waals surface area (Å²) in [6, 6.07) is 13.9. The zero-order chi connectivity index (χ0) is 29.4. The molecule has 10 heteroatoms. The minimum Gasteiger partial charge on any atom is -0.494 e. The Bertz CT molecular complexity index is 1500. The summed E-state index contributed by atoms with van der Waals surface area (Å²) < 4.78 is 33.9. The van der Waals surface area contributed by atoms with Crippen molar-refractivity contribution in [3.8, 4) is 5.75 Å². The molecule has 0 saturated carbocycles. The summed E-state index contributed by atoms with van der Waals surface area (Å²) >= 11 is 0. The van der Waals surface area contributed by atoms with E-state index in [2.05, 4.69) is 21.3 Å². The van der Waals surface area contributed by atoms with Gasteiger partial charge < -0.3 is 15.0 Å². The lowest BCUT2D eigenvalue weighted by atomic mass is 9.96. The molecule has 41 heavy (non-hydrogen) atoms. The van der Waals surface area contributed by atoms with Gasteiger partial charge in [0, 0.05) is 48.7 Å². The molecule has 0 spiro atoms. The Balaban J connectivity index is 1.42. The van der Waals surface area contributed by atoms with Gasteiger partial charge in [-0.1, -0.05) is 38.5 Å². The zero-order valence-electron chi connectivity index (χ0n) is 24.3. The molecule has 0 unspecified atom stereocenters. The molecule has 3 aromatic rings. The van der Waals surface area contributed by atoms with Crippen molar-refractivity contribution in [2.24, 2.45) is 5.92 Å². The number of ether oxygens (including phenoxy) is 1. The number of rotatable bonds is 13. The third kappa shape index (κ3) is 7.55. The normalized spacial score (nSPS) is 14.9. The number of fused-ring (bicyclic) bond motifs is 1. The highest BCUT2D eigenvalue weighted by atomic mass is 32.2. The number of amides is 1. The van der Waals surface area contributed by atoms with Gasteiger partial charge in [0.15, 0.2) is 0 Å². The highest BCUT2D eigenvalue weighted by Crippen LogP contribution is 2.25. The van der Waals surface area contributed by atoms with E-state index in [1.807, 2.05) is 39.0 Å². The molecule has 2 aromatic carbocycles. The van der Waals surface area contributed by atoms with Crippen LogP contribution in [0.1, 0.15) is 62.4 Å². The van der Waals surface area contributed by atoms with Crippen LogP contribution in [0.2, 0.25) is 0 Å². The van der Waals surface area contributed by atoms with Crippen LogP contribution < -0.4 is 15.6 Å². The first kappa shape index (κ1) is 30.7. The molecule has 2 N–H and O–H groups in total. The summed E-state index contributed by atoms with van der Waals surface area (Å²) in [6.45, 7) is 10.4. The van der Waals surface area contributed by atoms with Crippen LogP contribution in [-0.2, 0) is 16.6 Å². The molecular weight excluding hydrogens is 540 g/mol. The average molecular weight is 583 g/mol. The maximum atomic E-state index is 13.3. The Labute approximate surface area is 242 Å². The van der Waals surface area contributed by atoms with E-state index < -0.39 is 15.6 Å². The molecule has 1 saturated heterocycles. The predicted octanol–water partition coefficient (Wildman–Crippen LogP) is 4.38. The van der Waals surface area contributed by atoms with Gasteiger partial charge in [-0.25, -0.2) is 8.42 Å². The Morgan fingerprint density at radius 2 is 1.85 bits per heavy atom. The van der Waals surface area contributed by atoms with E-state index in [9.17, 15) is 18.0 Å². The van der Waals surface area contributed by atoms with Crippen LogP contribution in [-0.4, -0.2) is 67.8 Å². The molecule has 0 aliphatic carbocycles. The van der Waals surface area contributed by atoms with Crippen molar-refractivity contribution in [1.82, 2.24) is 19.5 Å². The van der Waals surface area contributed by atoms with Gasteiger partial charge in [-0.2, -0.15) is 4.31 Å². The Morgan fingerprint density at radius 3 is 2.56 bits per heavy atom. The van der Waals surface area contributed by atoms with Crippen LogP contribution in [0.25, 0.3) is 10.9 Å². The van der Waals surface area contributed by atoms with Gasteiger partial charge in [0.1, 0.15) is 5.75 Å². The van der Waals surface area contributed by atoms with Crippen molar-refractivity contribution in [3.05, 3.63) is 70.0 Å². The number of unbranched alkanes of at least 4 members (excludes halogenated alkanes) is 1. The number of nitrogens with one attached hydrogen (secondary N) is 2. The largest absolute Gasteiger partial charge is 0.494 e. The van der Waals surface area contributed by atoms with E-state index in [1.165, 1.54) is 28.1 Å². The SMILES string of the molecule is CCCCN(CC)S(=O)(=O)c1ccc2[nH]c(=O)cc(C(=O)NCC3CCN(Cc4ccccc4OCC)CC3)c2c1. The summed E-state index contributed by atoms with van der Waals surface area (Å²) in [4.78, 5) is 30.9. The second-order valence-corrected chi connectivity index (χ2v) is 12.5. The van der Waals surface area contributed by atoms with Crippen LogP contribution in [0.15, 0.2) is 58.2 Å². The molecule has 1 amide bonds. The van der Waals surface area contributed by atoms with E-state index in [1.54, 1.807) is 6.07 Å². The van der Waals surface area contributed by atoms with Gasteiger partial charge >= 0.3 is 0 Å². The number of hydrogen-bond donors (Lipinski definition) is 2. The zero-order valence-corrected chi connectivity index (χ0v) is 25.1. The lowest BCUT2D eigenvalue weighted by molar-refractivity contribution is 0.0936. The molecule has 4 rings (SSSR count). The summed E-state index contributed by atoms with van der Waals surface area (Å²) in [5.41, 5.74) is 1.38. The van der Waals surface area contributed by atoms with Crippen LogP contribution in [0.5, 0.6) is 5.75 Å². The van der Waals surface area contributed by atoms with Crippen molar-refractivity contribution in [2.75, 3.05) is 39.3 Å². The molecule has 1 aliphatic rings. The number of para-hydroxylation sites is 1. The lowest BCUT2D eigenvalue weighted by Gasteiger charge is -2.32. The highest BCUT2D eigenvalue weighted by Gasteiger charge is 2.25. The second kappa shape index (κ2) is 14.1. The molecule has 1 aliphatic heterocycles. The quantitative estimate of drug-likeness (QED) is 0.309. The predicted molar refractivity (Wildman–Crippen MR) is 162 cm³/mol. The minimum atomic E-state index is -3.73. The van der Waals surface area contributed by atoms with E-state index in [-0.39, 0.29) is 16.4 Å². The molecule has 1 fully saturated rings. The minimum absolute atomic E-state index is 0.113. The summed E-state index contributed by atoms with van der Waals surface area (Å²) in [7, 11) is -3.73. The highest BCUT2D eigenvalue weighted by molar-refractivity contribution is 7.89. The molecule has 0 bridgehead atoms. The summed E-state index contributed by atoms with van der Waals surface area (Å²) in [5, 5.41) is 3.42. The van der Waals surface area contributed by atoms with Gasteiger partial charge in [0.2, 0.25) is 15.6 Å². The molecular formula is C31H42N4O5S. The van der Waals surface area contributed by atoms with Crippen molar-refractivity contribution >= 4 is 26.8 Å². The van der Waals surface area contributed by atoms with E-state index in [0.29, 0.717) is 43.1 Å². The summed E-state index contributed by atoms with van der Waals surface area (Å²) in [5.74, 6) is 0.869. The number of benzene rings is 2. The van der Waals surface area contributed by atoms with Crippen molar-refractivity contribution in [2.45, 2.75) is 57.9 Å². The number of piperidine rings is 1. The van der Waals surface area contributed by atoms with Crippen molar-refractivity contribution < 1.29 is 17.9 Å². The standard InChI is InChI=1S/C31H42N4O5S/c1-4-7-16-35(5-2)41(38,39)25-12-13-28-26(19-25)27(20-30(36)33-28)31(37)32-21-23-14-17-34(18-15-23)22-24-10-8-9-11-29(24)40-6-3/h8-13,19-20,23H,4-7,14-18,21-22H2,1-3H3,(H,32,37)(H,33,36). The Morgan fingerprint density at radius 1 is 1.10 bits per heavy atom. The monoisotopic (exact) mass is 582 g/mol. The molecule has 1 aromatic heterocycles. The van der Waals surface area contributed by atoms with Gasteiger partial charge in [0.25, 0.3) is 5.91 Å². The molecule has 2 heterocycles. The first-order valence-electron chi connectivity index (χ1n) is 14.6. The topological polar surface area (TPSA) is 112 Å². The molecule has 0 atom stereocenters. The Hall–Kier alpha value is -3.21. The van der Waals surface area contributed by atoms with Crippen molar-refractivity contribution in [3.63, 3.8) is 0 Å². The van der Waals surface area contributed by atoms with Crippen molar-refractivity contribution in [1.29, 1.82) is 0 Å². The fraction of sp³-hybridized carbons (Fsp3) is 0.484. The third-order valence-corrected chi connectivity index (χ3v) is 9.71. The Kier molecular flexibility index (Phi) is 10.6. The van der Waals surface area contributed by atoms with E-state index >= 15 is 0 Å². The number of carbonyl (C=O) groups is 1. The summed E-state index contributed by atoms with van der Waals surface area (Å²) in [6.07, 6.45) is 3.54. The number of nitrogens with zero attached hydrogens (tertiary/aromatic N) is 2. The van der Waals surface area contributed by atoms with Gasteiger partial charge in [-0.3, -0.25) is 14.5 Å². The maximum absolute atomic E-state index is 13.3.